The van der Waals surface area contributed by atoms with Crippen molar-refractivity contribution in [3.05, 3.63) is 12.3 Å². The summed E-state index contributed by atoms with van der Waals surface area (Å²) < 4.78 is 0. The Balaban J connectivity index is 3.09. The summed E-state index contributed by atoms with van der Waals surface area (Å²) in [6.45, 7) is 5.33. The van der Waals surface area contributed by atoms with Crippen molar-refractivity contribution >= 4 is 11.6 Å². The van der Waals surface area contributed by atoms with Gasteiger partial charge < -0.3 is 11.1 Å². The smallest absolute Gasteiger partial charge is 0.0266 e. The van der Waals surface area contributed by atoms with Crippen LogP contribution >= 0.6 is 11.6 Å². The van der Waals surface area contributed by atoms with E-state index in [-0.39, 0.29) is 0 Å². The molecule has 0 fully saturated rings. The third-order valence-corrected chi connectivity index (χ3v) is 1.65. The van der Waals surface area contributed by atoms with Gasteiger partial charge in [-0.05, 0) is 19.3 Å². The molecule has 2 nitrogen and oxygen atoms in total. The highest BCUT2D eigenvalue weighted by molar-refractivity contribution is 6.17. The average molecular weight is 177 g/mol. The Morgan fingerprint density at radius 1 is 1.45 bits per heavy atom. The maximum absolute atomic E-state index is 5.52. The van der Waals surface area contributed by atoms with Gasteiger partial charge >= 0.3 is 0 Å². The van der Waals surface area contributed by atoms with E-state index in [0.29, 0.717) is 6.54 Å². The van der Waals surface area contributed by atoms with Crippen molar-refractivity contribution in [1.29, 1.82) is 0 Å². The first kappa shape index (κ1) is 10.8. The molecule has 0 amide bonds. The summed E-state index contributed by atoms with van der Waals surface area (Å²) in [5.41, 5.74) is 6.38. The summed E-state index contributed by atoms with van der Waals surface area (Å²) in [6, 6.07) is 0. The molecule has 0 aliphatic carbocycles. The van der Waals surface area contributed by atoms with Crippen molar-refractivity contribution < 1.29 is 0 Å². The second-order valence-corrected chi connectivity index (χ2v) is 2.84. The predicted molar refractivity (Wildman–Crippen MR) is 50.8 cm³/mol. The number of unbranched alkanes of at least 4 members (excludes halogenated alkanes) is 1. The molecule has 0 aliphatic rings. The van der Waals surface area contributed by atoms with Crippen LogP contribution in [0.2, 0.25) is 0 Å². The standard InChI is InChI=1S/C8H17ClN2/c1-8(11-7-6-10)4-2-3-5-9/h11H,1-7,10H2. The number of hydrogen-bond acceptors (Lipinski definition) is 2. The third-order valence-electron chi connectivity index (χ3n) is 1.38. The zero-order valence-electron chi connectivity index (χ0n) is 6.91. The molecule has 0 saturated heterocycles. The monoisotopic (exact) mass is 176 g/mol. The maximum Gasteiger partial charge on any atom is 0.0266 e. The molecule has 0 spiro atoms. The fraction of sp³-hybridized carbons (Fsp3) is 0.750. The van der Waals surface area contributed by atoms with Gasteiger partial charge in [0.05, 0.1) is 0 Å². The fourth-order valence-corrected chi connectivity index (χ4v) is 0.959. The summed E-state index contributed by atoms with van der Waals surface area (Å²) in [6.07, 6.45) is 3.18. The number of halogens is 1. The molecule has 0 heterocycles. The minimum atomic E-state index is 0.661. The van der Waals surface area contributed by atoms with Gasteiger partial charge in [-0.2, -0.15) is 0 Å². The van der Waals surface area contributed by atoms with Crippen molar-refractivity contribution in [2.45, 2.75) is 19.3 Å². The molecule has 0 aromatic carbocycles. The quantitative estimate of drug-likeness (QED) is 0.455. The van der Waals surface area contributed by atoms with Gasteiger partial charge in [0.2, 0.25) is 0 Å². The highest BCUT2D eigenvalue weighted by atomic mass is 35.5. The van der Waals surface area contributed by atoms with E-state index in [1.165, 1.54) is 0 Å². The van der Waals surface area contributed by atoms with Gasteiger partial charge in [0.1, 0.15) is 0 Å². The number of nitrogens with two attached hydrogens (primary N) is 1. The SMILES string of the molecule is C=C(CCCCCl)NCCN. The molecule has 3 heteroatoms. The third kappa shape index (κ3) is 7.69. The number of hydrogen-bond donors (Lipinski definition) is 2. The van der Waals surface area contributed by atoms with Crippen LogP contribution in [0.1, 0.15) is 19.3 Å². The van der Waals surface area contributed by atoms with E-state index in [4.69, 9.17) is 17.3 Å². The van der Waals surface area contributed by atoms with Crippen LogP contribution in [0, 0.1) is 0 Å². The lowest BCUT2D eigenvalue weighted by Gasteiger charge is -2.06. The van der Waals surface area contributed by atoms with Crippen molar-refractivity contribution in [2.75, 3.05) is 19.0 Å². The van der Waals surface area contributed by atoms with E-state index in [1.54, 1.807) is 0 Å². The molecular formula is C8H17ClN2. The topological polar surface area (TPSA) is 38.0 Å². The fourth-order valence-electron chi connectivity index (χ4n) is 0.770. The van der Waals surface area contributed by atoms with Gasteiger partial charge in [0.15, 0.2) is 0 Å². The Morgan fingerprint density at radius 3 is 2.73 bits per heavy atom. The molecule has 0 aromatic rings. The molecular weight excluding hydrogens is 160 g/mol. The lowest BCUT2D eigenvalue weighted by Crippen LogP contribution is -2.21. The molecule has 0 aliphatic heterocycles. The van der Waals surface area contributed by atoms with Gasteiger partial charge in [-0.3, -0.25) is 0 Å². The lowest BCUT2D eigenvalue weighted by atomic mass is 10.2. The Labute approximate surface area is 73.8 Å². The Morgan fingerprint density at radius 2 is 2.18 bits per heavy atom. The molecule has 11 heavy (non-hydrogen) atoms. The van der Waals surface area contributed by atoms with Crippen LogP contribution < -0.4 is 11.1 Å². The first-order valence-electron chi connectivity index (χ1n) is 3.99. The van der Waals surface area contributed by atoms with Crippen LogP contribution in [0.3, 0.4) is 0 Å². The summed E-state index contributed by atoms with van der Waals surface area (Å²) in [5.74, 6) is 0.740. The zero-order chi connectivity index (χ0) is 8.53. The Kier molecular flexibility index (Phi) is 7.74. The van der Waals surface area contributed by atoms with Crippen molar-refractivity contribution in [2.24, 2.45) is 5.73 Å². The summed E-state index contributed by atoms with van der Waals surface area (Å²) in [4.78, 5) is 0. The predicted octanol–water partition coefficient (Wildman–Crippen LogP) is 1.46. The van der Waals surface area contributed by atoms with E-state index in [9.17, 15) is 0 Å². The van der Waals surface area contributed by atoms with E-state index in [2.05, 4.69) is 11.9 Å². The number of alkyl halides is 1. The normalized spacial score (nSPS) is 9.64. The van der Waals surface area contributed by atoms with Crippen LogP contribution in [0.15, 0.2) is 12.3 Å². The second-order valence-electron chi connectivity index (χ2n) is 2.47. The summed E-state index contributed by atoms with van der Waals surface area (Å²) in [7, 11) is 0. The highest BCUT2D eigenvalue weighted by Crippen LogP contribution is 2.02. The van der Waals surface area contributed by atoms with Crippen LogP contribution in [0.4, 0.5) is 0 Å². The van der Waals surface area contributed by atoms with E-state index < -0.39 is 0 Å². The van der Waals surface area contributed by atoms with Gasteiger partial charge in [-0.1, -0.05) is 6.58 Å². The maximum atomic E-state index is 5.52. The molecule has 0 saturated carbocycles. The molecule has 0 radical (unpaired) electrons. The minimum absolute atomic E-state index is 0.661. The average Bonchev–Trinajstić information content (AvgIpc) is 2.01. The number of allylic oxidation sites excluding steroid dienone is 1. The zero-order valence-corrected chi connectivity index (χ0v) is 7.66. The molecule has 0 rings (SSSR count). The summed E-state index contributed by atoms with van der Waals surface area (Å²) in [5, 5.41) is 3.13. The number of nitrogens with one attached hydrogen (secondary N) is 1. The second kappa shape index (κ2) is 7.89. The first-order chi connectivity index (χ1) is 5.31. The van der Waals surface area contributed by atoms with Gasteiger partial charge in [-0.25, -0.2) is 0 Å². The minimum Gasteiger partial charge on any atom is -0.388 e. The Bertz CT molecular complexity index is 104. The first-order valence-corrected chi connectivity index (χ1v) is 4.52. The molecule has 0 unspecified atom stereocenters. The van der Waals surface area contributed by atoms with Crippen LogP contribution in [0.5, 0.6) is 0 Å². The van der Waals surface area contributed by atoms with Gasteiger partial charge in [0, 0.05) is 24.7 Å². The molecule has 0 aromatic heterocycles. The van der Waals surface area contributed by atoms with E-state index in [0.717, 1.165) is 37.4 Å². The molecule has 3 N–H and O–H groups in total. The van der Waals surface area contributed by atoms with Crippen molar-refractivity contribution in [1.82, 2.24) is 5.32 Å². The van der Waals surface area contributed by atoms with Crippen LogP contribution in [-0.4, -0.2) is 19.0 Å². The highest BCUT2D eigenvalue weighted by Gasteiger charge is 1.91. The van der Waals surface area contributed by atoms with Crippen molar-refractivity contribution in [3.8, 4) is 0 Å². The van der Waals surface area contributed by atoms with Crippen molar-refractivity contribution in [3.63, 3.8) is 0 Å². The molecule has 66 valence electrons. The largest absolute Gasteiger partial charge is 0.388 e. The van der Waals surface area contributed by atoms with Crippen LogP contribution in [0.25, 0.3) is 0 Å². The van der Waals surface area contributed by atoms with Gasteiger partial charge in [-0.15, -0.1) is 11.6 Å². The lowest BCUT2D eigenvalue weighted by molar-refractivity contribution is 0.705. The van der Waals surface area contributed by atoms with E-state index in [1.807, 2.05) is 0 Å². The van der Waals surface area contributed by atoms with Crippen LogP contribution in [-0.2, 0) is 0 Å². The van der Waals surface area contributed by atoms with E-state index >= 15 is 0 Å². The van der Waals surface area contributed by atoms with Gasteiger partial charge in [0.25, 0.3) is 0 Å². The Hall–Kier alpha value is -0.210. The molecule has 0 bridgehead atoms. The number of rotatable bonds is 7. The summed E-state index contributed by atoms with van der Waals surface area (Å²) >= 11 is 5.52. The molecule has 0 atom stereocenters.